The van der Waals surface area contributed by atoms with Crippen LogP contribution in [-0.4, -0.2) is 34.0 Å². The number of carbonyl (C=O) groups is 2. The van der Waals surface area contributed by atoms with E-state index in [0.29, 0.717) is 0 Å². The maximum absolute atomic E-state index is 12.1. The molecule has 0 unspecified atom stereocenters. The first kappa shape index (κ1) is 12.7. The van der Waals surface area contributed by atoms with Crippen LogP contribution in [0.3, 0.4) is 0 Å². The summed E-state index contributed by atoms with van der Waals surface area (Å²) < 4.78 is 0. The number of hydrogen-bond acceptors (Lipinski definition) is 4. The Morgan fingerprint density at radius 3 is 2.58 bits per heavy atom. The highest BCUT2D eigenvalue weighted by molar-refractivity contribution is 6.04. The van der Waals surface area contributed by atoms with Gasteiger partial charge < -0.3 is 5.11 Å². The van der Waals surface area contributed by atoms with Crippen molar-refractivity contribution in [1.82, 2.24) is 9.97 Å². The minimum Gasteiger partial charge on any atom is -0.478 e. The van der Waals surface area contributed by atoms with E-state index in [4.69, 9.17) is 5.11 Å². The number of amides is 1. The lowest BCUT2D eigenvalue weighted by Gasteiger charge is -2.15. The molecule has 2 heterocycles. The van der Waals surface area contributed by atoms with Gasteiger partial charge >= 0.3 is 5.97 Å². The van der Waals surface area contributed by atoms with E-state index in [0.717, 1.165) is 0 Å². The second-order valence-electron chi connectivity index (χ2n) is 3.79. The zero-order valence-corrected chi connectivity index (χ0v) is 10.1. The lowest BCUT2D eigenvalue weighted by molar-refractivity contribution is 0.0696. The van der Waals surface area contributed by atoms with Crippen molar-refractivity contribution in [3.05, 3.63) is 54.0 Å². The fraction of sp³-hybridized carbons (Fsp3) is 0.0769. The number of pyridine rings is 2. The van der Waals surface area contributed by atoms with Crippen molar-refractivity contribution in [3.63, 3.8) is 0 Å². The Bertz CT molecular complexity index is 614. The third-order valence-corrected chi connectivity index (χ3v) is 2.52. The predicted octanol–water partition coefficient (Wildman–Crippen LogP) is 1.45. The molecule has 96 valence electrons. The Morgan fingerprint density at radius 1 is 1.16 bits per heavy atom. The lowest BCUT2D eigenvalue weighted by Crippen LogP contribution is -2.28. The maximum atomic E-state index is 12.1. The lowest BCUT2D eigenvalue weighted by atomic mass is 10.2. The second kappa shape index (κ2) is 5.26. The van der Waals surface area contributed by atoms with Crippen LogP contribution in [0.5, 0.6) is 0 Å². The van der Waals surface area contributed by atoms with Crippen molar-refractivity contribution in [3.8, 4) is 0 Å². The summed E-state index contributed by atoms with van der Waals surface area (Å²) in [6.07, 6.45) is 2.86. The monoisotopic (exact) mass is 257 g/mol. The molecule has 0 bridgehead atoms. The summed E-state index contributed by atoms with van der Waals surface area (Å²) >= 11 is 0. The molecule has 6 heteroatoms. The normalized spacial score (nSPS) is 9.95. The number of carboxylic acids is 1. The topological polar surface area (TPSA) is 83.4 Å². The molecule has 0 saturated heterocycles. The fourth-order valence-corrected chi connectivity index (χ4v) is 1.50. The summed E-state index contributed by atoms with van der Waals surface area (Å²) in [6, 6.07) is 7.70. The summed E-state index contributed by atoms with van der Waals surface area (Å²) in [6.45, 7) is 0. The van der Waals surface area contributed by atoms with Crippen molar-refractivity contribution in [2.75, 3.05) is 11.9 Å². The third-order valence-electron chi connectivity index (χ3n) is 2.52. The van der Waals surface area contributed by atoms with Gasteiger partial charge in [0.2, 0.25) is 0 Å². The molecular formula is C13H11N3O3. The molecule has 19 heavy (non-hydrogen) atoms. The minimum atomic E-state index is -1.07. The van der Waals surface area contributed by atoms with Crippen LogP contribution in [0.25, 0.3) is 0 Å². The Hall–Kier alpha value is -2.76. The summed E-state index contributed by atoms with van der Waals surface area (Å²) in [7, 11) is 1.52. The molecule has 2 aromatic heterocycles. The average Bonchev–Trinajstić information content (AvgIpc) is 2.46. The average molecular weight is 257 g/mol. The quantitative estimate of drug-likeness (QED) is 0.899. The predicted molar refractivity (Wildman–Crippen MR) is 68.2 cm³/mol. The molecule has 0 aliphatic carbocycles. The summed E-state index contributed by atoms with van der Waals surface area (Å²) in [4.78, 5) is 32.2. The number of aromatic carboxylic acids is 1. The van der Waals surface area contributed by atoms with Gasteiger partial charge in [0, 0.05) is 19.4 Å². The van der Waals surface area contributed by atoms with Crippen molar-refractivity contribution < 1.29 is 14.7 Å². The van der Waals surface area contributed by atoms with Crippen LogP contribution in [0, 0.1) is 0 Å². The van der Waals surface area contributed by atoms with E-state index in [9.17, 15) is 9.59 Å². The van der Waals surface area contributed by atoms with E-state index < -0.39 is 5.97 Å². The van der Waals surface area contributed by atoms with Gasteiger partial charge in [-0.2, -0.15) is 0 Å². The molecule has 0 aromatic carbocycles. The maximum Gasteiger partial charge on any atom is 0.335 e. The smallest absolute Gasteiger partial charge is 0.335 e. The Kier molecular flexibility index (Phi) is 3.51. The number of rotatable bonds is 3. The Labute approximate surface area is 109 Å². The van der Waals surface area contributed by atoms with Gasteiger partial charge in [0.15, 0.2) is 0 Å². The van der Waals surface area contributed by atoms with Crippen LogP contribution in [0.4, 0.5) is 5.82 Å². The molecule has 0 fully saturated rings. The fourth-order valence-electron chi connectivity index (χ4n) is 1.50. The molecule has 0 saturated carbocycles. The van der Waals surface area contributed by atoms with Gasteiger partial charge in [-0.25, -0.2) is 9.78 Å². The molecular weight excluding hydrogens is 246 g/mol. The zero-order chi connectivity index (χ0) is 13.8. The van der Waals surface area contributed by atoms with Crippen LogP contribution in [0.1, 0.15) is 20.8 Å². The first-order chi connectivity index (χ1) is 9.09. The van der Waals surface area contributed by atoms with Crippen molar-refractivity contribution in [1.29, 1.82) is 0 Å². The van der Waals surface area contributed by atoms with E-state index in [1.54, 1.807) is 18.2 Å². The number of anilines is 1. The van der Waals surface area contributed by atoms with Gasteiger partial charge in [0.05, 0.1) is 5.56 Å². The Balaban J connectivity index is 2.29. The number of carbonyl (C=O) groups excluding carboxylic acids is 1. The zero-order valence-electron chi connectivity index (χ0n) is 10.1. The van der Waals surface area contributed by atoms with Gasteiger partial charge in [-0.1, -0.05) is 6.07 Å². The molecule has 0 atom stereocenters. The number of carboxylic acid groups (broad SMARTS) is 1. The SMILES string of the molecule is CN(C(=O)c1ccccn1)c1cc(C(=O)O)ccn1. The molecule has 2 aromatic rings. The van der Waals surface area contributed by atoms with E-state index >= 15 is 0 Å². The van der Waals surface area contributed by atoms with Gasteiger partial charge in [0.25, 0.3) is 5.91 Å². The number of hydrogen-bond donors (Lipinski definition) is 1. The molecule has 0 aliphatic rings. The molecule has 1 N–H and O–H groups in total. The molecule has 0 aliphatic heterocycles. The first-order valence-corrected chi connectivity index (χ1v) is 5.48. The molecule has 0 radical (unpaired) electrons. The highest BCUT2D eigenvalue weighted by Gasteiger charge is 2.16. The van der Waals surface area contributed by atoms with E-state index in [2.05, 4.69) is 9.97 Å². The van der Waals surface area contributed by atoms with Crippen LogP contribution in [0.15, 0.2) is 42.7 Å². The highest BCUT2D eigenvalue weighted by Crippen LogP contribution is 2.13. The molecule has 2 rings (SSSR count). The van der Waals surface area contributed by atoms with Crippen molar-refractivity contribution in [2.24, 2.45) is 0 Å². The summed E-state index contributed by atoms with van der Waals surface area (Å²) in [5.74, 6) is -1.16. The standard InChI is InChI=1S/C13H11N3O3/c1-16(12(17)10-4-2-3-6-14-10)11-8-9(13(18)19)5-7-15-11/h2-8H,1H3,(H,18,19). The van der Waals surface area contributed by atoms with Gasteiger partial charge in [-0.15, -0.1) is 0 Å². The number of aromatic nitrogens is 2. The Morgan fingerprint density at radius 2 is 1.95 bits per heavy atom. The second-order valence-corrected chi connectivity index (χ2v) is 3.79. The van der Waals surface area contributed by atoms with Crippen molar-refractivity contribution in [2.45, 2.75) is 0 Å². The van der Waals surface area contributed by atoms with Crippen LogP contribution in [-0.2, 0) is 0 Å². The van der Waals surface area contributed by atoms with E-state index in [1.165, 1.54) is 36.5 Å². The van der Waals surface area contributed by atoms with E-state index in [-0.39, 0.29) is 23.0 Å². The first-order valence-electron chi connectivity index (χ1n) is 5.48. The minimum absolute atomic E-state index is 0.0747. The van der Waals surface area contributed by atoms with Crippen LogP contribution in [0.2, 0.25) is 0 Å². The van der Waals surface area contributed by atoms with Gasteiger partial charge in [-0.3, -0.25) is 14.7 Å². The molecule has 6 nitrogen and oxygen atoms in total. The largest absolute Gasteiger partial charge is 0.478 e. The van der Waals surface area contributed by atoms with Crippen molar-refractivity contribution >= 4 is 17.7 Å². The molecule has 1 amide bonds. The van der Waals surface area contributed by atoms with Gasteiger partial charge in [0.1, 0.15) is 11.5 Å². The van der Waals surface area contributed by atoms with Crippen LogP contribution < -0.4 is 4.90 Å². The van der Waals surface area contributed by atoms with E-state index in [1.807, 2.05) is 0 Å². The third kappa shape index (κ3) is 2.74. The van der Waals surface area contributed by atoms with Crippen LogP contribution >= 0.6 is 0 Å². The number of nitrogens with zero attached hydrogens (tertiary/aromatic N) is 3. The summed E-state index contributed by atoms with van der Waals surface area (Å²) in [5.41, 5.74) is 0.346. The molecule has 0 spiro atoms. The summed E-state index contributed by atoms with van der Waals surface area (Å²) in [5, 5.41) is 8.90. The highest BCUT2D eigenvalue weighted by atomic mass is 16.4. The van der Waals surface area contributed by atoms with Gasteiger partial charge in [-0.05, 0) is 24.3 Å².